The molecule has 0 saturated carbocycles. The van der Waals surface area contributed by atoms with Gasteiger partial charge < -0.3 is 4.84 Å². The minimum atomic E-state index is -0.138. The Hall–Kier alpha value is -2.30. The van der Waals surface area contributed by atoms with Crippen LogP contribution in [0.3, 0.4) is 0 Å². The van der Waals surface area contributed by atoms with Crippen molar-refractivity contribution in [3.05, 3.63) is 42.1 Å². The maximum absolute atomic E-state index is 11.4. The predicted molar refractivity (Wildman–Crippen MR) is 72.0 cm³/mol. The number of amides is 1. The second kappa shape index (κ2) is 6.04. The van der Waals surface area contributed by atoms with Gasteiger partial charge in [-0.15, -0.1) is 0 Å². The standard InChI is InChI=1S/C14H17N3O2/c1-3-7-13(18)16-19-14-10-11(2)15-17(14)12-8-5-4-6-9-12/h4-6,8-10H,3,7H2,1-2H3,(H,16,18). The molecule has 0 spiro atoms. The molecular weight excluding hydrogens is 242 g/mol. The van der Waals surface area contributed by atoms with Crippen LogP contribution in [0, 0.1) is 6.92 Å². The Morgan fingerprint density at radius 1 is 1.37 bits per heavy atom. The molecule has 1 aromatic heterocycles. The summed E-state index contributed by atoms with van der Waals surface area (Å²) in [6.07, 6.45) is 1.23. The summed E-state index contributed by atoms with van der Waals surface area (Å²) in [6.45, 7) is 3.82. The van der Waals surface area contributed by atoms with E-state index in [-0.39, 0.29) is 5.91 Å². The van der Waals surface area contributed by atoms with Crippen LogP contribution in [-0.4, -0.2) is 15.7 Å². The van der Waals surface area contributed by atoms with E-state index in [4.69, 9.17) is 4.84 Å². The lowest BCUT2D eigenvalue weighted by Crippen LogP contribution is -2.27. The van der Waals surface area contributed by atoms with Gasteiger partial charge >= 0.3 is 0 Å². The third-order valence-electron chi connectivity index (χ3n) is 2.55. The van der Waals surface area contributed by atoms with E-state index in [2.05, 4.69) is 10.6 Å². The summed E-state index contributed by atoms with van der Waals surface area (Å²) >= 11 is 0. The first-order chi connectivity index (χ1) is 9.20. The zero-order chi connectivity index (χ0) is 13.7. The molecule has 0 unspecified atom stereocenters. The van der Waals surface area contributed by atoms with E-state index in [0.29, 0.717) is 12.3 Å². The molecule has 1 heterocycles. The average molecular weight is 259 g/mol. The number of carbonyl (C=O) groups is 1. The van der Waals surface area contributed by atoms with Gasteiger partial charge in [0.1, 0.15) is 0 Å². The lowest BCUT2D eigenvalue weighted by molar-refractivity contribution is -0.127. The number of para-hydroxylation sites is 1. The summed E-state index contributed by atoms with van der Waals surface area (Å²) < 4.78 is 1.65. The molecule has 0 aliphatic rings. The van der Waals surface area contributed by atoms with Crippen molar-refractivity contribution in [2.45, 2.75) is 26.7 Å². The number of benzene rings is 1. The van der Waals surface area contributed by atoms with Crippen LogP contribution in [0.5, 0.6) is 5.88 Å². The smallest absolute Gasteiger partial charge is 0.252 e. The Bertz CT molecular complexity index is 549. The number of hydrogen-bond acceptors (Lipinski definition) is 3. The lowest BCUT2D eigenvalue weighted by Gasteiger charge is -2.08. The van der Waals surface area contributed by atoms with Crippen molar-refractivity contribution in [1.29, 1.82) is 0 Å². The Morgan fingerprint density at radius 2 is 2.11 bits per heavy atom. The van der Waals surface area contributed by atoms with E-state index in [1.54, 1.807) is 10.7 Å². The van der Waals surface area contributed by atoms with Crippen molar-refractivity contribution in [3.63, 3.8) is 0 Å². The third kappa shape index (κ3) is 3.34. The number of carbonyl (C=O) groups excluding carboxylic acids is 1. The summed E-state index contributed by atoms with van der Waals surface area (Å²) in [5.41, 5.74) is 4.13. The second-order valence-electron chi connectivity index (χ2n) is 4.25. The van der Waals surface area contributed by atoms with Crippen molar-refractivity contribution in [3.8, 4) is 11.6 Å². The largest absolute Gasteiger partial charge is 0.359 e. The van der Waals surface area contributed by atoms with Gasteiger partial charge in [0.15, 0.2) is 0 Å². The van der Waals surface area contributed by atoms with Crippen LogP contribution in [0.4, 0.5) is 0 Å². The third-order valence-corrected chi connectivity index (χ3v) is 2.55. The molecule has 0 aliphatic carbocycles. The molecular formula is C14H17N3O2. The number of rotatable bonds is 5. The molecule has 2 rings (SSSR count). The lowest BCUT2D eigenvalue weighted by atomic mass is 10.3. The van der Waals surface area contributed by atoms with E-state index in [1.807, 2.05) is 44.2 Å². The van der Waals surface area contributed by atoms with Crippen LogP contribution in [0.2, 0.25) is 0 Å². The van der Waals surface area contributed by atoms with Crippen LogP contribution in [0.25, 0.3) is 5.69 Å². The molecule has 0 atom stereocenters. The van der Waals surface area contributed by atoms with Gasteiger partial charge in [0.05, 0.1) is 11.4 Å². The zero-order valence-electron chi connectivity index (χ0n) is 11.1. The van der Waals surface area contributed by atoms with Gasteiger partial charge in [-0.3, -0.25) is 4.79 Å². The van der Waals surface area contributed by atoms with Gasteiger partial charge in [-0.05, 0) is 25.5 Å². The van der Waals surface area contributed by atoms with E-state index in [1.165, 1.54) is 0 Å². The molecule has 1 amide bonds. The van der Waals surface area contributed by atoms with Crippen LogP contribution in [-0.2, 0) is 4.79 Å². The number of hydrogen-bond donors (Lipinski definition) is 1. The Labute approximate surface area is 112 Å². The minimum absolute atomic E-state index is 0.138. The SMILES string of the molecule is CCCC(=O)NOc1cc(C)nn1-c1ccccc1. The van der Waals surface area contributed by atoms with Gasteiger partial charge in [0, 0.05) is 12.5 Å². The van der Waals surface area contributed by atoms with Gasteiger partial charge in [0.2, 0.25) is 5.88 Å². The molecule has 100 valence electrons. The van der Waals surface area contributed by atoms with Gasteiger partial charge in [-0.2, -0.15) is 15.3 Å². The number of aromatic nitrogens is 2. The molecule has 0 fully saturated rings. The normalized spacial score (nSPS) is 10.2. The number of aryl methyl sites for hydroxylation is 1. The molecule has 5 nitrogen and oxygen atoms in total. The molecule has 0 radical (unpaired) electrons. The van der Waals surface area contributed by atoms with Crippen LogP contribution >= 0.6 is 0 Å². The Balaban J connectivity index is 2.15. The highest BCUT2D eigenvalue weighted by molar-refractivity contribution is 5.74. The maximum atomic E-state index is 11.4. The van der Waals surface area contributed by atoms with Crippen molar-refractivity contribution in [2.75, 3.05) is 0 Å². The first kappa shape index (κ1) is 13.1. The zero-order valence-corrected chi connectivity index (χ0v) is 11.1. The van der Waals surface area contributed by atoms with Gasteiger partial charge in [0.25, 0.3) is 5.91 Å². The minimum Gasteiger partial charge on any atom is -0.359 e. The van der Waals surface area contributed by atoms with Gasteiger partial charge in [-0.1, -0.05) is 25.1 Å². The van der Waals surface area contributed by atoms with E-state index < -0.39 is 0 Å². The highest BCUT2D eigenvalue weighted by Gasteiger charge is 2.10. The first-order valence-corrected chi connectivity index (χ1v) is 6.28. The summed E-state index contributed by atoms with van der Waals surface area (Å²) in [5, 5.41) is 4.35. The van der Waals surface area contributed by atoms with Gasteiger partial charge in [-0.25, -0.2) is 0 Å². The molecule has 0 aliphatic heterocycles. The number of nitrogens with one attached hydrogen (secondary N) is 1. The van der Waals surface area contributed by atoms with E-state index in [0.717, 1.165) is 17.8 Å². The average Bonchev–Trinajstić information content (AvgIpc) is 2.79. The van der Waals surface area contributed by atoms with E-state index in [9.17, 15) is 4.79 Å². The Morgan fingerprint density at radius 3 is 2.79 bits per heavy atom. The summed E-state index contributed by atoms with van der Waals surface area (Å²) in [5.74, 6) is 0.356. The number of hydroxylamine groups is 1. The topological polar surface area (TPSA) is 56.1 Å². The summed E-state index contributed by atoms with van der Waals surface area (Å²) in [4.78, 5) is 16.7. The molecule has 0 bridgehead atoms. The predicted octanol–water partition coefficient (Wildman–Crippen LogP) is 2.39. The van der Waals surface area contributed by atoms with Crippen molar-refractivity contribution >= 4 is 5.91 Å². The van der Waals surface area contributed by atoms with E-state index >= 15 is 0 Å². The molecule has 1 N–H and O–H groups in total. The molecule has 19 heavy (non-hydrogen) atoms. The monoisotopic (exact) mass is 259 g/mol. The fraction of sp³-hybridized carbons (Fsp3) is 0.286. The van der Waals surface area contributed by atoms with Crippen molar-refractivity contribution in [2.24, 2.45) is 0 Å². The molecule has 1 aromatic carbocycles. The summed E-state index contributed by atoms with van der Waals surface area (Å²) in [6, 6.07) is 11.4. The van der Waals surface area contributed by atoms with Crippen LogP contribution < -0.4 is 10.3 Å². The molecule has 0 saturated heterocycles. The molecule has 5 heteroatoms. The fourth-order valence-electron chi connectivity index (χ4n) is 1.69. The van der Waals surface area contributed by atoms with Crippen LogP contribution in [0.1, 0.15) is 25.5 Å². The highest BCUT2D eigenvalue weighted by atomic mass is 16.7. The summed E-state index contributed by atoms with van der Waals surface area (Å²) in [7, 11) is 0. The molecule has 2 aromatic rings. The quantitative estimate of drug-likeness (QED) is 0.839. The van der Waals surface area contributed by atoms with Crippen LogP contribution in [0.15, 0.2) is 36.4 Å². The first-order valence-electron chi connectivity index (χ1n) is 6.28. The van der Waals surface area contributed by atoms with Crippen molar-refractivity contribution in [1.82, 2.24) is 15.3 Å². The Kier molecular flexibility index (Phi) is 4.18. The van der Waals surface area contributed by atoms with Crippen molar-refractivity contribution < 1.29 is 9.63 Å². The fourth-order valence-corrected chi connectivity index (χ4v) is 1.69. The second-order valence-corrected chi connectivity index (χ2v) is 4.25. The maximum Gasteiger partial charge on any atom is 0.252 e. The highest BCUT2D eigenvalue weighted by Crippen LogP contribution is 2.18. The number of nitrogens with zero attached hydrogens (tertiary/aromatic N) is 2.